The Morgan fingerprint density at radius 3 is 2.81 bits per heavy atom. The molecule has 11 heteroatoms. The zero-order valence-electron chi connectivity index (χ0n) is 17.7. The van der Waals surface area contributed by atoms with Gasteiger partial charge in [0.25, 0.3) is 5.56 Å². The minimum atomic E-state index is -3.49. The van der Waals surface area contributed by atoms with Gasteiger partial charge in [0.2, 0.25) is 15.8 Å². The van der Waals surface area contributed by atoms with E-state index in [1.807, 2.05) is 19.1 Å². The van der Waals surface area contributed by atoms with Crippen LogP contribution >= 0.6 is 0 Å². The van der Waals surface area contributed by atoms with Gasteiger partial charge in [0.05, 0.1) is 16.7 Å². The van der Waals surface area contributed by atoms with Gasteiger partial charge in [-0.2, -0.15) is 4.31 Å². The third-order valence-corrected chi connectivity index (χ3v) is 7.66. The summed E-state index contributed by atoms with van der Waals surface area (Å²) in [7, 11) is -1.88. The molecule has 1 unspecified atom stereocenters. The smallest absolute Gasteiger partial charge is 0.324 e. The molecule has 0 saturated carbocycles. The summed E-state index contributed by atoms with van der Waals surface area (Å²) in [6, 6.07) is 4.66. The highest BCUT2D eigenvalue weighted by Gasteiger charge is 2.39. The van der Waals surface area contributed by atoms with Crippen LogP contribution in [-0.4, -0.2) is 56.2 Å². The predicted molar refractivity (Wildman–Crippen MR) is 114 cm³/mol. The topological polar surface area (TPSA) is 116 Å². The minimum Gasteiger partial charge on any atom is -0.456 e. The fourth-order valence-electron chi connectivity index (χ4n) is 4.07. The molecule has 3 heterocycles. The van der Waals surface area contributed by atoms with Crippen LogP contribution in [0, 0.1) is 6.92 Å². The predicted octanol–water partition coefficient (Wildman–Crippen LogP) is 1.14. The quantitative estimate of drug-likeness (QED) is 0.520. The third kappa shape index (κ3) is 3.72. The van der Waals surface area contributed by atoms with E-state index in [1.54, 1.807) is 24.4 Å². The number of carbonyl (C=O) groups is 1. The van der Waals surface area contributed by atoms with E-state index in [-0.39, 0.29) is 17.9 Å². The maximum absolute atomic E-state index is 12.7. The molecule has 1 aromatic carbocycles. The molecule has 0 spiro atoms. The molecule has 1 atom stereocenters. The number of rotatable bonds is 6. The van der Waals surface area contributed by atoms with Crippen LogP contribution in [0.25, 0.3) is 16.7 Å². The summed E-state index contributed by atoms with van der Waals surface area (Å²) in [5, 5.41) is 8.70. The molecule has 1 saturated heterocycles. The lowest BCUT2D eigenvalue weighted by atomic mass is 10.1. The lowest BCUT2D eigenvalue weighted by molar-refractivity contribution is -0.149. The summed E-state index contributed by atoms with van der Waals surface area (Å²) in [5.74, 6) is 0.0958. The molecule has 1 aliphatic rings. The largest absolute Gasteiger partial charge is 0.456 e. The number of ether oxygens (including phenoxy) is 1. The second kappa shape index (κ2) is 8.04. The van der Waals surface area contributed by atoms with Crippen molar-refractivity contribution in [3.05, 3.63) is 39.9 Å². The number of fused-ring (bicyclic) bond motifs is 3. The molecule has 0 aliphatic carbocycles. The summed E-state index contributed by atoms with van der Waals surface area (Å²) in [6.45, 7) is 3.83. The van der Waals surface area contributed by atoms with E-state index in [0.717, 1.165) is 5.56 Å². The third-order valence-electron chi connectivity index (χ3n) is 5.58. The zero-order chi connectivity index (χ0) is 22.3. The van der Waals surface area contributed by atoms with Crippen LogP contribution in [0.4, 0.5) is 0 Å². The van der Waals surface area contributed by atoms with Crippen molar-refractivity contribution in [1.82, 2.24) is 23.5 Å². The molecule has 10 nitrogen and oxygen atoms in total. The first-order chi connectivity index (χ1) is 14.7. The molecular formula is C20H25N5O5S. The van der Waals surface area contributed by atoms with Gasteiger partial charge in [0.15, 0.2) is 12.4 Å². The molecule has 0 N–H and O–H groups in total. The Morgan fingerprint density at radius 2 is 2.06 bits per heavy atom. The second-order valence-corrected chi connectivity index (χ2v) is 9.87. The maximum atomic E-state index is 12.7. The number of benzene rings is 1. The Balaban J connectivity index is 1.63. The van der Waals surface area contributed by atoms with E-state index in [0.29, 0.717) is 48.3 Å². The van der Waals surface area contributed by atoms with E-state index < -0.39 is 22.0 Å². The fraction of sp³-hybridized carbons (Fsp3) is 0.500. The van der Waals surface area contributed by atoms with Crippen molar-refractivity contribution in [2.45, 2.75) is 45.8 Å². The SMILES string of the molecule is CCCS(=O)(=O)N1CCCC1C(=O)OCc1nnc2n(C)c(=O)c3cc(C)ccc3n12. The van der Waals surface area contributed by atoms with E-state index in [2.05, 4.69) is 10.2 Å². The Hall–Kier alpha value is -2.79. The van der Waals surface area contributed by atoms with Crippen molar-refractivity contribution < 1.29 is 17.9 Å². The first-order valence-corrected chi connectivity index (χ1v) is 11.8. The molecule has 4 rings (SSSR count). The maximum Gasteiger partial charge on any atom is 0.324 e. The van der Waals surface area contributed by atoms with Gasteiger partial charge >= 0.3 is 5.97 Å². The van der Waals surface area contributed by atoms with Crippen molar-refractivity contribution in [1.29, 1.82) is 0 Å². The molecule has 31 heavy (non-hydrogen) atoms. The molecule has 1 aliphatic heterocycles. The first-order valence-electron chi connectivity index (χ1n) is 10.2. The number of nitrogens with zero attached hydrogens (tertiary/aromatic N) is 5. The summed E-state index contributed by atoms with van der Waals surface area (Å²) in [6.07, 6.45) is 1.53. The van der Waals surface area contributed by atoms with E-state index in [4.69, 9.17) is 4.74 Å². The molecule has 166 valence electrons. The van der Waals surface area contributed by atoms with Gasteiger partial charge in [-0.1, -0.05) is 18.6 Å². The molecule has 0 radical (unpaired) electrons. The van der Waals surface area contributed by atoms with Gasteiger partial charge in [-0.15, -0.1) is 10.2 Å². The second-order valence-electron chi connectivity index (χ2n) is 7.83. The lowest BCUT2D eigenvalue weighted by Crippen LogP contribution is -2.42. The number of aryl methyl sites for hydroxylation is 2. The van der Waals surface area contributed by atoms with Gasteiger partial charge in [-0.05, 0) is 38.3 Å². The van der Waals surface area contributed by atoms with E-state index in [9.17, 15) is 18.0 Å². The molecule has 3 aromatic rings. The van der Waals surface area contributed by atoms with Crippen LogP contribution in [0.1, 0.15) is 37.6 Å². The van der Waals surface area contributed by atoms with Crippen LogP contribution in [0.3, 0.4) is 0 Å². The molecule has 0 bridgehead atoms. The van der Waals surface area contributed by atoms with Gasteiger partial charge in [0, 0.05) is 13.6 Å². The van der Waals surface area contributed by atoms with Gasteiger partial charge in [-0.3, -0.25) is 18.6 Å². The normalized spacial score (nSPS) is 17.6. The Labute approximate surface area is 179 Å². The van der Waals surface area contributed by atoms with Gasteiger partial charge in [-0.25, -0.2) is 8.42 Å². The number of carbonyl (C=O) groups excluding carboxylic acids is 1. The summed E-state index contributed by atoms with van der Waals surface area (Å²) in [5.41, 5.74) is 1.37. The monoisotopic (exact) mass is 447 g/mol. The number of esters is 1. The Kier molecular flexibility index (Phi) is 5.56. The van der Waals surface area contributed by atoms with Crippen molar-refractivity contribution in [3.8, 4) is 0 Å². The van der Waals surface area contributed by atoms with Crippen LogP contribution in [0.15, 0.2) is 23.0 Å². The number of aromatic nitrogens is 4. The van der Waals surface area contributed by atoms with Crippen LogP contribution in [-0.2, 0) is 33.2 Å². The van der Waals surface area contributed by atoms with Crippen LogP contribution in [0.5, 0.6) is 0 Å². The average Bonchev–Trinajstić information content (AvgIpc) is 3.38. The zero-order valence-corrected chi connectivity index (χ0v) is 18.6. The van der Waals surface area contributed by atoms with E-state index >= 15 is 0 Å². The Bertz CT molecular complexity index is 1330. The number of hydrogen-bond donors (Lipinski definition) is 0. The summed E-state index contributed by atoms with van der Waals surface area (Å²) < 4.78 is 34.7. The molecule has 1 fully saturated rings. The van der Waals surface area contributed by atoms with Crippen LogP contribution in [0.2, 0.25) is 0 Å². The van der Waals surface area contributed by atoms with Crippen molar-refractivity contribution in [2.75, 3.05) is 12.3 Å². The van der Waals surface area contributed by atoms with Crippen LogP contribution < -0.4 is 5.56 Å². The standard InChI is InChI=1S/C20H25N5O5S/c1-4-10-31(28,29)24-9-5-6-16(24)19(27)30-12-17-21-22-20-23(3)18(26)14-11-13(2)7-8-15(14)25(17)20/h7-8,11,16H,4-6,9-10,12H2,1-3H3. The number of sulfonamides is 1. The highest BCUT2D eigenvalue weighted by molar-refractivity contribution is 7.89. The van der Waals surface area contributed by atoms with Crippen molar-refractivity contribution in [2.24, 2.45) is 7.05 Å². The molecule has 0 amide bonds. The molecular weight excluding hydrogens is 422 g/mol. The summed E-state index contributed by atoms with van der Waals surface area (Å²) >= 11 is 0. The van der Waals surface area contributed by atoms with Crippen molar-refractivity contribution in [3.63, 3.8) is 0 Å². The van der Waals surface area contributed by atoms with Gasteiger partial charge in [0.1, 0.15) is 6.04 Å². The number of hydrogen-bond acceptors (Lipinski definition) is 7. The first kappa shape index (κ1) is 21.4. The van der Waals surface area contributed by atoms with Crippen molar-refractivity contribution >= 4 is 32.7 Å². The highest BCUT2D eigenvalue weighted by atomic mass is 32.2. The molecule has 2 aromatic heterocycles. The minimum absolute atomic E-state index is 0.00499. The fourth-order valence-corrected chi connectivity index (χ4v) is 5.80. The highest BCUT2D eigenvalue weighted by Crippen LogP contribution is 2.23. The van der Waals surface area contributed by atoms with Gasteiger partial charge < -0.3 is 4.74 Å². The lowest BCUT2D eigenvalue weighted by Gasteiger charge is -2.22. The van der Waals surface area contributed by atoms with E-state index in [1.165, 1.54) is 8.87 Å². The Morgan fingerprint density at radius 1 is 1.29 bits per heavy atom. The summed E-state index contributed by atoms with van der Waals surface area (Å²) in [4.78, 5) is 25.4. The average molecular weight is 448 g/mol.